The van der Waals surface area contributed by atoms with Crippen molar-refractivity contribution < 1.29 is 4.79 Å². The molecule has 108 valence electrons. The van der Waals surface area contributed by atoms with Crippen molar-refractivity contribution in [2.24, 2.45) is 0 Å². The number of nitrogens with one attached hydrogen (secondary N) is 1. The van der Waals surface area contributed by atoms with E-state index < -0.39 is 8.07 Å². The van der Waals surface area contributed by atoms with E-state index >= 15 is 0 Å². The van der Waals surface area contributed by atoms with Gasteiger partial charge in [0.1, 0.15) is 13.8 Å². The van der Waals surface area contributed by atoms with Crippen molar-refractivity contribution >= 4 is 14.0 Å². The second-order valence-electron chi connectivity index (χ2n) is 7.09. The first-order valence-electron chi connectivity index (χ1n) is 6.81. The largest absolute Gasteiger partial charge is 0.347 e. The highest BCUT2D eigenvalue weighted by Gasteiger charge is 2.16. The van der Waals surface area contributed by atoms with E-state index in [4.69, 9.17) is 0 Å². The molecule has 0 atom stereocenters. The van der Waals surface area contributed by atoms with Crippen LogP contribution in [-0.2, 0) is 0 Å². The van der Waals surface area contributed by atoms with Gasteiger partial charge in [0.05, 0.1) is 0 Å². The van der Waals surface area contributed by atoms with Gasteiger partial charge in [0, 0.05) is 16.8 Å². The molecule has 0 saturated heterocycles. The second kappa shape index (κ2) is 5.80. The normalized spacial score (nSPS) is 11.6. The number of amides is 1. The van der Waals surface area contributed by atoms with Crippen LogP contribution in [0.5, 0.6) is 0 Å². The molecule has 0 aliphatic rings. The van der Waals surface area contributed by atoms with Gasteiger partial charge in [-0.2, -0.15) is 0 Å². The molecule has 0 fully saturated rings. The van der Waals surface area contributed by atoms with Gasteiger partial charge in [-0.3, -0.25) is 4.79 Å². The van der Waals surface area contributed by atoms with Crippen LogP contribution in [0.25, 0.3) is 0 Å². The molecule has 3 nitrogen and oxygen atoms in total. The van der Waals surface area contributed by atoms with Gasteiger partial charge in [-0.15, -0.1) is 5.54 Å². The molecule has 1 aromatic heterocycles. The van der Waals surface area contributed by atoms with E-state index in [9.17, 15) is 4.79 Å². The SMILES string of the molecule is Cc1cc(C(=O)NC(C)(C)C)cc(C#C[Si](C)(C)C)n1. The average molecular weight is 288 g/mol. The van der Waals surface area contributed by atoms with E-state index in [1.807, 2.05) is 27.7 Å². The number of carbonyl (C=O) groups excluding carboxylic acids is 1. The van der Waals surface area contributed by atoms with Crippen molar-refractivity contribution in [3.63, 3.8) is 0 Å². The summed E-state index contributed by atoms with van der Waals surface area (Å²) in [6.45, 7) is 14.3. The predicted molar refractivity (Wildman–Crippen MR) is 86.4 cm³/mol. The summed E-state index contributed by atoms with van der Waals surface area (Å²) in [6.07, 6.45) is 0. The Morgan fingerprint density at radius 2 is 1.85 bits per heavy atom. The molecule has 1 N–H and O–H groups in total. The Morgan fingerprint density at radius 3 is 2.35 bits per heavy atom. The number of hydrogen-bond donors (Lipinski definition) is 1. The van der Waals surface area contributed by atoms with Gasteiger partial charge >= 0.3 is 0 Å². The van der Waals surface area contributed by atoms with Crippen molar-refractivity contribution in [2.45, 2.75) is 52.9 Å². The molecule has 0 saturated carbocycles. The lowest BCUT2D eigenvalue weighted by molar-refractivity contribution is 0.0919. The first-order valence-corrected chi connectivity index (χ1v) is 10.3. The molecule has 0 radical (unpaired) electrons. The number of hydrogen-bond acceptors (Lipinski definition) is 2. The Morgan fingerprint density at radius 1 is 1.25 bits per heavy atom. The zero-order chi connectivity index (χ0) is 15.6. The topological polar surface area (TPSA) is 42.0 Å². The van der Waals surface area contributed by atoms with Crippen LogP contribution >= 0.6 is 0 Å². The zero-order valence-electron chi connectivity index (χ0n) is 13.5. The fourth-order valence-corrected chi connectivity index (χ4v) is 2.03. The Hall–Kier alpha value is -1.60. The van der Waals surface area contributed by atoms with E-state index in [1.54, 1.807) is 12.1 Å². The molecular weight excluding hydrogens is 264 g/mol. The highest BCUT2D eigenvalue weighted by molar-refractivity contribution is 6.83. The molecule has 0 spiro atoms. The Balaban J connectivity index is 3.09. The standard InChI is InChI=1S/C16H24N2OSi/c1-12-10-13(15(19)18-16(2,3)4)11-14(17-12)8-9-20(5,6)7/h10-11H,1-7H3,(H,18,19). The fourth-order valence-electron chi connectivity index (χ4n) is 1.53. The maximum atomic E-state index is 12.2. The maximum Gasteiger partial charge on any atom is 0.251 e. The van der Waals surface area contributed by atoms with Crippen LogP contribution in [0.3, 0.4) is 0 Å². The lowest BCUT2D eigenvalue weighted by Gasteiger charge is -2.20. The van der Waals surface area contributed by atoms with Crippen LogP contribution in [0.4, 0.5) is 0 Å². The average Bonchev–Trinajstić information content (AvgIpc) is 2.22. The van der Waals surface area contributed by atoms with Crippen molar-refractivity contribution in [2.75, 3.05) is 0 Å². The van der Waals surface area contributed by atoms with Crippen molar-refractivity contribution in [3.8, 4) is 11.5 Å². The second-order valence-corrected chi connectivity index (χ2v) is 11.8. The van der Waals surface area contributed by atoms with Crippen molar-refractivity contribution in [3.05, 3.63) is 29.1 Å². The highest BCUT2D eigenvalue weighted by atomic mass is 28.3. The van der Waals surface area contributed by atoms with Gasteiger partial charge in [0.15, 0.2) is 0 Å². The summed E-state index contributed by atoms with van der Waals surface area (Å²) in [4.78, 5) is 16.6. The molecular formula is C16H24N2OSi. The molecule has 4 heteroatoms. The lowest BCUT2D eigenvalue weighted by Crippen LogP contribution is -2.40. The Bertz CT molecular complexity index is 569. The Kier molecular flexibility index (Phi) is 4.77. The summed E-state index contributed by atoms with van der Waals surface area (Å²) >= 11 is 0. The highest BCUT2D eigenvalue weighted by Crippen LogP contribution is 2.08. The van der Waals surface area contributed by atoms with Crippen molar-refractivity contribution in [1.82, 2.24) is 10.3 Å². The minimum Gasteiger partial charge on any atom is -0.347 e. The molecule has 20 heavy (non-hydrogen) atoms. The summed E-state index contributed by atoms with van der Waals surface area (Å²) in [5.74, 6) is 3.02. The van der Waals surface area contributed by atoms with Gasteiger partial charge in [0.25, 0.3) is 5.91 Å². The molecule has 1 rings (SSSR count). The van der Waals surface area contributed by atoms with Gasteiger partial charge in [-0.1, -0.05) is 25.6 Å². The first kappa shape index (κ1) is 16.5. The monoisotopic (exact) mass is 288 g/mol. The van der Waals surface area contributed by atoms with Crippen LogP contribution in [0.15, 0.2) is 12.1 Å². The Labute approximate surface area is 123 Å². The lowest BCUT2D eigenvalue weighted by atomic mass is 10.1. The molecule has 1 heterocycles. The maximum absolute atomic E-state index is 12.2. The molecule has 0 unspecified atom stereocenters. The van der Waals surface area contributed by atoms with Gasteiger partial charge in [-0.05, 0) is 39.8 Å². The summed E-state index contributed by atoms with van der Waals surface area (Å²) in [7, 11) is -1.44. The zero-order valence-corrected chi connectivity index (χ0v) is 14.5. The van der Waals surface area contributed by atoms with Crippen LogP contribution in [-0.4, -0.2) is 24.5 Å². The van der Waals surface area contributed by atoms with E-state index in [0.717, 1.165) is 5.69 Å². The smallest absolute Gasteiger partial charge is 0.251 e. The quantitative estimate of drug-likeness (QED) is 0.637. The molecule has 0 aromatic carbocycles. The van der Waals surface area contributed by atoms with Crippen LogP contribution in [0.1, 0.15) is 42.5 Å². The van der Waals surface area contributed by atoms with E-state index in [0.29, 0.717) is 11.3 Å². The third-order valence-corrected chi connectivity index (χ3v) is 3.14. The summed E-state index contributed by atoms with van der Waals surface area (Å²) in [6, 6.07) is 3.56. The number of pyridine rings is 1. The summed E-state index contributed by atoms with van der Waals surface area (Å²) in [5, 5.41) is 2.96. The van der Waals surface area contributed by atoms with Crippen molar-refractivity contribution in [1.29, 1.82) is 0 Å². The van der Waals surface area contributed by atoms with Crippen LogP contribution < -0.4 is 5.32 Å². The minimum absolute atomic E-state index is 0.0842. The molecule has 0 aliphatic heterocycles. The predicted octanol–water partition coefficient (Wildman–Crippen LogP) is 3.15. The number of rotatable bonds is 1. The van der Waals surface area contributed by atoms with Gasteiger partial charge in [-0.25, -0.2) is 4.98 Å². The van der Waals surface area contributed by atoms with Crippen LogP contribution in [0, 0.1) is 18.4 Å². The number of carbonyl (C=O) groups is 1. The molecule has 1 aromatic rings. The number of aromatic nitrogens is 1. The fraction of sp³-hybridized carbons (Fsp3) is 0.500. The van der Waals surface area contributed by atoms with E-state index in [1.165, 1.54) is 0 Å². The molecule has 1 amide bonds. The van der Waals surface area contributed by atoms with E-state index in [2.05, 4.69) is 41.4 Å². The van der Waals surface area contributed by atoms with Gasteiger partial charge in [0.2, 0.25) is 0 Å². The summed E-state index contributed by atoms with van der Waals surface area (Å²) in [5.41, 5.74) is 5.12. The first-order chi connectivity index (χ1) is 8.96. The van der Waals surface area contributed by atoms with Crippen LogP contribution in [0.2, 0.25) is 19.6 Å². The molecule has 0 aliphatic carbocycles. The van der Waals surface area contributed by atoms with E-state index in [-0.39, 0.29) is 11.4 Å². The number of aryl methyl sites for hydroxylation is 1. The third kappa shape index (κ3) is 6.03. The molecule has 0 bridgehead atoms. The van der Waals surface area contributed by atoms with Gasteiger partial charge < -0.3 is 5.32 Å². The summed E-state index contributed by atoms with van der Waals surface area (Å²) < 4.78 is 0. The third-order valence-electron chi connectivity index (χ3n) is 2.27. The number of nitrogens with zero attached hydrogens (tertiary/aromatic N) is 1. The minimum atomic E-state index is -1.44.